The first-order valence-electron chi connectivity index (χ1n) is 4.54. The third-order valence-electron chi connectivity index (χ3n) is 2.40. The first-order chi connectivity index (χ1) is 5.70. The van der Waals surface area contributed by atoms with E-state index in [2.05, 4.69) is 12.2 Å². The number of ether oxygens (including phenoxy) is 1. The number of hydrogen-bond acceptors (Lipinski definition) is 2. The van der Waals surface area contributed by atoms with Gasteiger partial charge < -0.3 is 4.74 Å². The summed E-state index contributed by atoms with van der Waals surface area (Å²) in [4.78, 5) is 10.7. The average Bonchev–Trinajstić information content (AvgIpc) is 2.44. The summed E-state index contributed by atoms with van der Waals surface area (Å²) < 4.78 is 12.7. The van der Waals surface area contributed by atoms with E-state index in [0.29, 0.717) is 11.8 Å². The Morgan fingerprint density at radius 1 is 1.82 bits per heavy atom. The number of carbonyl (C=O) groups excluding carboxylic acids is 1. The minimum Gasteiger partial charge on any atom is -0.462 e. The summed E-state index contributed by atoms with van der Waals surface area (Å²) in [5.74, 6) is 0.480. The SMILES string of the molecule is [2H][C@H]1[C@@H]2C=CC[C@@H]2[C@@H]1OC(C)=O. The highest BCUT2D eigenvalue weighted by atomic mass is 16.5. The van der Waals surface area contributed by atoms with Gasteiger partial charge in [-0.05, 0) is 18.7 Å². The molecule has 0 heterocycles. The van der Waals surface area contributed by atoms with Crippen LogP contribution in [0.15, 0.2) is 12.2 Å². The molecule has 2 aliphatic carbocycles. The second-order valence-corrected chi connectivity index (χ2v) is 3.17. The molecular formula is C9H12O2. The van der Waals surface area contributed by atoms with E-state index in [-0.39, 0.29) is 18.5 Å². The Hall–Kier alpha value is -0.790. The Labute approximate surface area is 67.6 Å². The van der Waals surface area contributed by atoms with E-state index in [1.807, 2.05) is 0 Å². The molecule has 0 N–H and O–H groups in total. The van der Waals surface area contributed by atoms with Gasteiger partial charge in [0.1, 0.15) is 6.10 Å². The molecule has 2 rings (SSSR count). The molecule has 2 aliphatic rings. The van der Waals surface area contributed by atoms with Crippen molar-refractivity contribution in [3.8, 4) is 0 Å². The zero-order valence-corrected chi connectivity index (χ0v) is 6.49. The molecule has 11 heavy (non-hydrogen) atoms. The molecule has 0 saturated heterocycles. The van der Waals surface area contributed by atoms with Gasteiger partial charge in [-0.2, -0.15) is 0 Å². The van der Waals surface area contributed by atoms with Crippen LogP contribution in [0.4, 0.5) is 0 Å². The normalized spacial score (nSPS) is 47.5. The maximum atomic E-state index is 10.7. The van der Waals surface area contributed by atoms with Crippen LogP contribution in [0.25, 0.3) is 0 Å². The summed E-state index contributed by atoms with van der Waals surface area (Å²) >= 11 is 0. The highest BCUT2D eigenvalue weighted by Gasteiger charge is 2.43. The molecular weight excluding hydrogens is 140 g/mol. The molecule has 0 aromatic heterocycles. The van der Waals surface area contributed by atoms with Crippen molar-refractivity contribution >= 4 is 5.97 Å². The third kappa shape index (κ3) is 1.06. The summed E-state index contributed by atoms with van der Waals surface area (Å²) in [5.41, 5.74) is 0. The summed E-state index contributed by atoms with van der Waals surface area (Å²) in [5, 5.41) is 0. The quantitative estimate of drug-likeness (QED) is 0.421. The Bertz CT molecular complexity index is 237. The molecule has 0 unspecified atom stereocenters. The maximum absolute atomic E-state index is 10.7. The van der Waals surface area contributed by atoms with Crippen molar-refractivity contribution in [3.05, 3.63) is 12.2 Å². The molecule has 60 valence electrons. The van der Waals surface area contributed by atoms with Gasteiger partial charge in [0, 0.05) is 14.2 Å². The Morgan fingerprint density at radius 3 is 3.36 bits per heavy atom. The van der Waals surface area contributed by atoms with Crippen molar-refractivity contribution in [2.24, 2.45) is 11.8 Å². The first-order valence-corrected chi connectivity index (χ1v) is 3.96. The van der Waals surface area contributed by atoms with Crippen LogP contribution in [0.3, 0.4) is 0 Å². The van der Waals surface area contributed by atoms with Gasteiger partial charge in [0.15, 0.2) is 0 Å². The van der Waals surface area contributed by atoms with Gasteiger partial charge in [-0.3, -0.25) is 4.79 Å². The third-order valence-corrected chi connectivity index (χ3v) is 2.40. The highest BCUT2D eigenvalue weighted by Crippen LogP contribution is 2.44. The number of allylic oxidation sites excluding steroid dienone is 2. The standard InChI is InChI=1S/C9H12O2/c1-6(10)11-9-5-7-3-2-4-8(7)9/h2-3,7-9H,4-5H2,1H3/t7-,8-,9+/m0/s1/i5D/t5-,7-,8-,9+. The van der Waals surface area contributed by atoms with Crippen LogP contribution in [0, 0.1) is 11.8 Å². The number of carbonyl (C=O) groups is 1. The fourth-order valence-corrected chi connectivity index (χ4v) is 1.79. The van der Waals surface area contributed by atoms with Crippen LogP contribution in [0.1, 0.15) is 21.1 Å². The topological polar surface area (TPSA) is 26.3 Å². The lowest BCUT2D eigenvalue weighted by Crippen LogP contribution is -2.40. The van der Waals surface area contributed by atoms with Crippen molar-refractivity contribution < 1.29 is 10.9 Å². The van der Waals surface area contributed by atoms with Crippen LogP contribution >= 0.6 is 0 Å². The van der Waals surface area contributed by atoms with Gasteiger partial charge in [-0.1, -0.05) is 12.2 Å². The van der Waals surface area contributed by atoms with Crippen molar-refractivity contribution in [1.29, 1.82) is 0 Å². The molecule has 0 aliphatic heterocycles. The van der Waals surface area contributed by atoms with E-state index in [1.165, 1.54) is 6.92 Å². The first kappa shape index (κ1) is 5.81. The molecule has 1 fully saturated rings. The zero-order chi connectivity index (χ0) is 8.72. The number of fused-ring (bicyclic) bond motifs is 1. The van der Waals surface area contributed by atoms with Crippen LogP contribution in [-0.2, 0) is 9.53 Å². The molecule has 0 spiro atoms. The predicted octanol–water partition coefficient (Wildman–Crippen LogP) is 1.51. The molecule has 0 aromatic rings. The molecule has 0 amide bonds. The van der Waals surface area contributed by atoms with Gasteiger partial charge >= 0.3 is 5.97 Å². The van der Waals surface area contributed by atoms with Crippen molar-refractivity contribution in [2.75, 3.05) is 0 Å². The van der Waals surface area contributed by atoms with E-state index in [9.17, 15) is 4.79 Å². The fraction of sp³-hybridized carbons (Fsp3) is 0.667. The summed E-state index contributed by atoms with van der Waals surface area (Å²) in [7, 11) is 0. The lowest BCUT2D eigenvalue weighted by atomic mass is 9.73. The second-order valence-electron chi connectivity index (χ2n) is 3.17. The van der Waals surface area contributed by atoms with E-state index < -0.39 is 0 Å². The molecule has 4 atom stereocenters. The molecule has 1 saturated carbocycles. The van der Waals surface area contributed by atoms with Gasteiger partial charge in [-0.25, -0.2) is 0 Å². The maximum Gasteiger partial charge on any atom is 0.302 e. The molecule has 0 bridgehead atoms. The largest absolute Gasteiger partial charge is 0.462 e. The lowest BCUT2D eigenvalue weighted by molar-refractivity contribution is -0.157. The monoisotopic (exact) mass is 153 g/mol. The molecule has 2 heteroatoms. The lowest BCUT2D eigenvalue weighted by Gasteiger charge is -2.38. The number of rotatable bonds is 1. The van der Waals surface area contributed by atoms with Crippen molar-refractivity contribution in [3.63, 3.8) is 0 Å². The van der Waals surface area contributed by atoms with Crippen LogP contribution in [0.5, 0.6) is 0 Å². The van der Waals surface area contributed by atoms with Gasteiger partial charge in [0.25, 0.3) is 0 Å². The van der Waals surface area contributed by atoms with Gasteiger partial charge in [0.2, 0.25) is 0 Å². The van der Waals surface area contributed by atoms with E-state index in [0.717, 1.165) is 6.42 Å². The molecule has 0 aromatic carbocycles. The van der Waals surface area contributed by atoms with E-state index in [1.54, 1.807) is 0 Å². The Balaban J connectivity index is 1.98. The minimum absolute atomic E-state index is 0.150. The van der Waals surface area contributed by atoms with E-state index >= 15 is 0 Å². The van der Waals surface area contributed by atoms with Crippen LogP contribution in [0.2, 0.25) is 0 Å². The average molecular weight is 153 g/mol. The molecule has 0 radical (unpaired) electrons. The highest BCUT2D eigenvalue weighted by molar-refractivity contribution is 5.66. The summed E-state index contributed by atoms with van der Waals surface area (Å²) in [6.45, 7) is 1.41. The van der Waals surface area contributed by atoms with Crippen molar-refractivity contribution in [2.45, 2.75) is 25.8 Å². The van der Waals surface area contributed by atoms with E-state index in [4.69, 9.17) is 6.11 Å². The minimum atomic E-state index is -0.261. The second kappa shape index (κ2) is 2.36. The van der Waals surface area contributed by atoms with Gasteiger partial charge in [-0.15, -0.1) is 0 Å². The predicted molar refractivity (Wildman–Crippen MR) is 40.9 cm³/mol. The Kier molecular flexibility index (Phi) is 1.25. The fourth-order valence-electron chi connectivity index (χ4n) is 1.79. The van der Waals surface area contributed by atoms with Gasteiger partial charge in [0.05, 0.1) is 0 Å². The Morgan fingerprint density at radius 2 is 2.64 bits per heavy atom. The smallest absolute Gasteiger partial charge is 0.302 e. The number of esters is 1. The van der Waals surface area contributed by atoms with Crippen molar-refractivity contribution in [1.82, 2.24) is 0 Å². The summed E-state index contributed by atoms with van der Waals surface area (Å²) in [6.07, 6.45) is 4.75. The van der Waals surface area contributed by atoms with Crippen LogP contribution in [-0.4, -0.2) is 12.1 Å². The summed E-state index contributed by atoms with van der Waals surface area (Å²) in [6, 6.07) is 0. The van der Waals surface area contributed by atoms with Crippen LogP contribution < -0.4 is 0 Å². The molecule has 2 nitrogen and oxygen atoms in total. The number of hydrogen-bond donors (Lipinski definition) is 0. The zero-order valence-electron chi connectivity index (χ0n) is 7.49.